The third-order valence-corrected chi connectivity index (χ3v) is 9.99. The normalized spacial score (nSPS) is 11.1. The minimum Gasteiger partial charge on any atom is -0.494 e. The molecule has 6 heteroatoms. The first-order chi connectivity index (χ1) is 24.9. The van der Waals surface area contributed by atoms with E-state index >= 15 is 0 Å². The first-order valence-corrected chi connectivity index (χ1v) is 21.7. The van der Waals surface area contributed by atoms with Gasteiger partial charge in [0.2, 0.25) is 0 Å². The Bertz CT molecular complexity index is 945. The second-order valence-corrected chi connectivity index (χ2v) is 14.8. The Morgan fingerprint density at radius 3 is 0.961 bits per heavy atom. The fourth-order valence-electron chi connectivity index (χ4n) is 6.77. The average molecular weight is 727 g/mol. The summed E-state index contributed by atoms with van der Waals surface area (Å²) in [5, 5.41) is 6.80. The Hall–Kier alpha value is -2.31. The van der Waals surface area contributed by atoms with Crippen molar-refractivity contribution in [3.8, 4) is 11.5 Å². The quantitative estimate of drug-likeness (QED) is 0.0477. The van der Waals surface area contributed by atoms with Gasteiger partial charge in [-0.15, -0.1) is 0 Å². The molecule has 5 nitrogen and oxygen atoms in total. The molecule has 2 rings (SSSR count). The van der Waals surface area contributed by atoms with Gasteiger partial charge in [0.05, 0.1) is 39.4 Å². The molecule has 0 unspecified atom stereocenters. The SMILES string of the molecule is CCCCCCC[N+](CCCCCCC)(CCCCCCC)CCCCCCC.CCOc1ccc(NC(=S)Nc2ccc(OCC)cc2)cc1. The van der Waals surface area contributed by atoms with E-state index < -0.39 is 0 Å². The zero-order valence-electron chi connectivity index (χ0n) is 34.2. The van der Waals surface area contributed by atoms with Crippen molar-refractivity contribution < 1.29 is 14.0 Å². The summed E-state index contributed by atoms with van der Waals surface area (Å²) < 4.78 is 12.3. The summed E-state index contributed by atoms with van der Waals surface area (Å²) in [5.41, 5.74) is 1.82. The molecule has 0 spiro atoms. The van der Waals surface area contributed by atoms with Crippen LogP contribution in [0.2, 0.25) is 0 Å². The molecule has 0 saturated carbocycles. The molecule has 292 valence electrons. The van der Waals surface area contributed by atoms with Gasteiger partial charge in [0.25, 0.3) is 0 Å². The maximum Gasteiger partial charge on any atom is 0.175 e. The molecule has 0 atom stereocenters. The van der Waals surface area contributed by atoms with Crippen LogP contribution in [-0.2, 0) is 0 Å². The lowest BCUT2D eigenvalue weighted by Crippen LogP contribution is -2.50. The number of quaternary nitrogens is 1. The Kier molecular flexibility index (Phi) is 29.6. The van der Waals surface area contributed by atoms with Gasteiger partial charge in [-0.3, -0.25) is 0 Å². The van der Waals surface area contributed by atoms with Gasteiger partial charge in [-0.1, -0.05) is 105 Å². The molecule has 51 heavy (non-hydrogen) atoms. The minimum absolute atomic E-state index is 0.535. The highest BCUT2D eigenvalue weighted by Gasteiger charge is 2.25. The maximum absolute atomic E-state index is 5.40. The van der Waals surface area contributed by atoms with Gasteiger partial charge < -0.3 is 24.6 Å². The molecular formula is C45H80N3O2S+. The van der Waals surface area contributed by atoms with Crippen LogP contribution in [0.5, 0.6) is 11.5 Å². The second kappa shape index (κ2) is 32.3. The van der Waals surface area contributed by atoms with E-state index in [9.17, 15) is 0 Å². The number of benzene rings is 2. The Morgan fingerprint density at radius 2 is 0.706 bits per heavy atom. The summed E-state index contributed by atoms with van der Waals surface area (Å²) in [6.07, 6.45) is 28.8. The van der Waals surface area contributed by atoms with E-state index in [4.69, 9.17) is 21.7 Å². The van der Waals surface area contributed by atoms with Crippen molar-refractivity contribution in [3.63, 3.8) is 0 Å². The molecule has 0 aromatic heterocycles. The highest BCUT2D eigenvalue weighted by molar-refractivity contribution is 7.80. The Balaban J connectivity index is 0.000000527. The monoisotopic (exact) mass is 727 g/mol. The van der Waals surface area contributed by atoms with Crippen molar-refractivity contribution >= 4 is 28.7 Å². The number of hydrogen-bond acceptors (Lipinski definition) is 3. The van der Waals surface area contributed by atoms with Gasteiger partial charge in [0, 0.05) is 11.4 Å². The van der Waals surface area contributed by atoms with E-state index in [1.807, 2.05) is 62.4 Å². The van der Waals surface area contributed by atoms with Crippen molar-refractivity contribution in [1.29, 1.82) is 0 Å². The third-order valence-electron chi connectivity index (χ3n) is 9.79. The van der Waals surface area contributed by atoms with Crippen LogP contribution in [0.1, 0.15) is 170 Å². The van der Waals surface area contributed by atoms with Crippen LogP contribution in [0.4, 0.5) is 11.4 Å². The molecule has 0 radical (unpaired) electrons. The van der Waals surface area contributed by atoms with E-state index in [1.165, 1.54) is 159 Å². The van der Waals surface area contributed by atoms with Crippen molar-refractivity contribution in [2.24, 2.45) is 0 Å². The van der Waals surface area contributed by atoms with Crippen molar-refractivity contribution in [2.75, 3.05) is 50.0 Å². The number of ether oxygens (including phenoxy) is 2. The number of rotatable bonds is 30. The number of nitrogens with one attached hydrogen (secondary N) is 2. The van der Waals surface area contributed by atoms with Crippen LogP contribution in [0.3, 0.4) is 0 Å². The Labute approximate surface area is 321 Å². The predicted molar refractivity (Wildman–Crippen MR) is 230 cm³/mol. The first-order valence-electron chi connectivity index (χ1n) is 21.3. The average Bonchev–Trinajstić information content (AvgIpc) is 3.13. The molecule has 0 bridgehead atoms. The van der Waals surface area contributed by atoms with E-state index in [0.29, 0.717) is 18.3 Å². The smallest absolute Gasteiger partial charge is 0.175 e. The molecular weight excluding hydrogens is 647 g/mol. The lowest BCUT2D eigenvalue weighted by molar-refractivity contribution is -0.929. The molecule has 0 saturated heterocycles. The fourth-order valence-corrected chi connectivity index (χ4v) is 7.01. The zero-order valence-corrected chi connectivity index (χ0v) is 35.0. The summed E-state index contributed by atoms with van der Waals surface area (Å²) in [6.45, 7) is 20.5. The molecule has 0 aliphatic rings. The second-order valence-electron chi connectivity index (χ2n) is 14.4. The number of hydrogen-bond donors (Lipinski definition) is 2. The summed E-state index contributed by atoms with van der Waals surface area (Å²) >= 11 is 5.30. The highest BCUT2D eigenvalue weighted by atomic mass is 32.1. The molecule has 0 aliphatic carbocycles. The Morgan fingerprint density at radius 1 is 0.431 bits per heavy atom. The summed E-state index contributed by atoms with van der Waals surface area (Å²) in [7, 11) is 0. The van der Waals surface area contributed by atoms with Gasteiger partial charge in [-0.05, 0) is 126 Å². The maximum atomic E-state index is 5.40. The third kappa shape index (κ3) is 24.5. The van der Waals surface area contributed by atoms with Crippen molar-refractivity contribution in [3.05, 3.63) is 48.5 Å². The molecule has 2 aromatic rings. The van der Waals surface area contributed by atoms with E-state index in [1.54, 1.807) is 0 Å². The van der Waals surface area contributed by atoms with Crippen LogP contribution in [0, 0.1) is 0 Å². The molecule has 0 fully saturated rings. The van der Waals surface area contributed by atoms with Gasteiger partial charge >= 0.3 is 0 Å². The van der Waals surface area contributed by atoms with Gasteiger partial charge in [-0.2, -0.15) is 0 Å². The standard InChI is InChI=1S/C28H60N.C17H20N2O2S/c1-5-9-13-17-21-25-29(26-22-18-14-10-6-2,27-23-19-15-11-7-3)28-24-20-16-12-8-4;1-3-20-15-9-5-13(6-10-15)18-17(22)19-14-7-11-16(12-8-14)21-4-2/h5-28H2,1-4H3;5-12H,3-4H2,1-2H3,(H2,18,19,22)/q+1;. The van der Waals surface area contributed by atoms with Crippen molar-refractivity contribution in [1.82, 2.24) is 0 Å². The number of thiocarbonyl (C=S) groups is 1. The van der Waals surface area contributed by atoms with Crippen LogP contribution >= 0.6 is 12.2 Å². The zero-order chi connectivity index (χ0) is 37.3. The minimum atomic E-state index is 0.535. The lowest BCUT2D eigenvalue weighted by Gasteiger charge is -2.39. The van der Waals surface area contributed by atoms with Crippen LogP contribution in [0.25, 0.3) is 0 Å². The lowest BCUT2D eigenvalue weighted by atomic mass is 10.1. The summed E-state index contributed by atoms with van der Waals surface area (Å²) in [6, 6.07) is 15.3. The van der Waals surface area contributed by atoms with Crippen LogP contribution in [-0.4, -0.2) is 49.0 Å². The predicted octanol–water partition coefficient (Wildman–Crippen LogP) is 14.0. The molecule has 0 amide bonds. The topological polar surface area (TPSA) is 42.5 Å². The van der Waals surface area contributed by atoms with Crippen LogP contribution < -0.4 is 20.1 Å². The van der Waals surface area contributed by atoms with Gasteiger partial charge in [0.1, 0.15) is 11.5 Å². The van der Waals surface area contributed by atoms with Crippen LogP contribution in [0.15, 0.2) is 48.5 Å². The molecule has 0 heterocycles. The first kappa shape index (κ1) is 46.7. The van der Waals surface area contributed by atoms with Crippen molar-refractivity contribution in [2.45, 2.75) is 170 Å². The number of nitrogens with zero attached hydrogens (tertiary/aromatic N) is 1. The van der Waals surface area contributed by atoms with E-state index in [0.717, 1.165) is 22.9 Å². The van der Waals surface area contributed by atoms with E-state index in [2.05, 4.69) is 38.3 Å². The highest BCUT2D eigenvalue weighted by Crippen LogP contribution is 2.21. The van der Waals surface area contributed by atoms with Gasteiger partial charge in [0.15, 0.2) is 5.11 Å². The summed E-state index contributed by atoms with van der Waals surface area (Å²) in [5.74, 6) is 1.69. The molecule has 2 N–H and O–H groups in total. The number of unbranched alkanes of at least 4 members (excludes halogenated alkanes) is 16. The fraction of sp³-hybridized carbons (Fsp3) is 0.711. The van der Waals surface area contributed by atoms with Gasteiger partial charge in [-0.25, -0.2) is 0 Å². The summed E-state index contributed by atoms with van der Waals surface area (Å²) in [4.78, 5) is 0. The molecule has 0 aliphatic heterocycles. The number of anilines is 2. The molecule has 2 aromatic carbocycles. The van der Waals surface area contributed by atoms with E-state index in [-0.39, 0.29) is 0 Å². The largest absolute Gasteiger partial charge is 0.494 e.